The van der Waals surface area contributed by atoms with E-state index >= 15 is 0 Å². The quantitative estimate of drug-likeness (QED) is 0.605. The van der Waals surface area contributed by atoms with Crippen molar-refractivity contribution in [2.75, 3.05) is 13.1 Å². The van der Waals surface area contributed by atoms with Gasteiger partial charge in [0.2, 0.25) is 0 Å². The zero-order valence-electron chi connectivity index (χ0n) is 14.2. The molecule has 2 aromatic rings. The van der Waals surface area contributed by atoms with Crippen LogP contribution in [0.25, 0.3) is 0 Å². The highest BCUT2D eigenvalue weighted by Gasteiger charge is 2.02. The molecule has 0 unspecified atom stereocenters. The van der Waals surface area contributed by atoms with Crippen LogP contribution < -0.4 is 10.6 Å². The van der Waals surface area contributed by atoms with Crippen LogP contribution in [-0.4, -0.2) is 24.0 Å². The Balaban J connectivity index is 1.86. The minimum atomic E-state index is 0.688. The van der Waals surface area contributed by atoms with Crippen molar-refractivity contribution in [2.45, 2.75) is 40.2 Å². The van der Waals surface area contributed by atoms with Gasteiger partial charge < -0.3 is 10.6 Å². The zero-order chi connectivity index (χ0) is 16.5. The van der Waals surface area contributed by atoms with Gasteiger partial charge in [-0.25, -0.2) is 9.98 Å². The molecule has 2 N–H and O–H groups in total. The molecule has 1 heterocycles. The van der Waals surface area contributed by atoms with Crippen molar-refractivity contribution in [3.63, 3.8) is 0 Å². The topological polar surface area (TPSA) is 49.3 Å². The number of benzene rings is 1. The highest BCUT2D eigenvalue weighted by molar-refractivity contribution is 7.09. The molecule has 0 aliphatic heterocycles. The van der Waals surface area contributed by atoms with Crippen LogP contribution in [0.4, 0.5) is 0 Å². The largest absolute Gasteiger partial charge is 0.357 e. The van der Waals surface area contributed by atoms with Gasteiger partial charge in [-0.15, -0.1) is 11.3 Å². The molecular weight excluding hydrogens is 304 g/mol. The predicted molar refractivity (Wildman–Crippen MR) is 99.2 cm³/mol. The number of rotatable bonds is 7. The highest BCUT2D eigenvalue weighted by Crippen LogP contribution is 2.10. The molecule has 2 rings (SSSR count). The number of aryl methyl sites for hydroxylation is 2. The van der Waals surface area contributed by atoms with Crippen molar-refractivity contribution in [2.24, 2.45) is 4.99 Å². The Hall–Kier alpha value is -1.88. The van der Waals surface area contributed by atoms with Gasteiger partial charge in [0, 0.05) is 24.9 Å². The van der Waals surface area contributed by atoms with Gasteiger partial charge in [-0.05, 0) is 25.8 Å². The molecule has 5 heteroatoms. The summed E-state index contributed by atoms with van der Waals surface area (Å²) in [5, 5.41) is 10.0. The number of hydrogen-bond donors (Lipinski definition) is 2. The number of nitrogens with zero attached hydrogens (tertiary/aromatic N) is 2. The summed E-state index contributed by atoms with van der Waals surface area (Å²) in [7, 11) is 0. The third-order valence-electron chi connectivity index (χ3n) is 3.42. The molecule has 0 amide bonds. The van der Waals surface area contributed by atoms with Gasteiger partial charge in [0.1, 0.15) is 0 Å². The Morgan fingerprint density at radius 3 is 2.83 bits per heavy atom. The van der Waals surface area contributed by atoms with Crippen molar-refractivity contribution in [3.8, 4) is 0 Å². The lowest BCUT2D eigenvalue weighted by Crippen LogP contribution is -2.38. The molecule has 23 heavy (non-hydrogen) atoms. The van der Waals surface area contributed by atoms with Gasteiger partial charge in [-0.1, -0.05) is 36.8 Å². The molecule has 4 nitrogen and oxygen atoms in total. The maximum atomic E-state index is 4.65. The summed E-state index contributed by atoms with van der Waals surface area (Å²) in [4.78, 5) is 9.25. The molecule has 124 valence electrons. The molecule has 0 atom stereocenters. The standard InChI is InChI=1S/C18H26N4S/c1-4-17-22-16(13-23-17)9-10-20-18(19-5-2)21-12-15-8-6-7-14(3)11-15/h6-8,11,13H,4-5,9-10,12H2,1-3H3,(H2,19,20,21). The number of aromatic nitrogens is 1. The van der Waals surface area contributed by atoms with Crippen LogP contribution >= 0.6 is 11.3 Å². The SMILES string of the molecule is CCNC(=NCc1cccc(C)c1)NCCc1csc(CC)n1. The average molecular weight is 331 g/mol. The van der Waals surface area contributed by atoms with E-state index in [9.17, 15) is 0 Å². The van der Waals surface area contributed by atoms with Crippen LogP contribution in [0.5, 0.6) is 0 Å². The van der Waals surface area contributed by atoms with E-state index in [-0.39, 0.29) is 0 Å². The molecular formula is C18H26N4S. The Morgan fingerprint density at radius 2 is 2.13 bits per heavy atom. The third-order valence-corrected chi connectivity index (χ3v) is 4.46. The lowest BCUT2D eigenvalue weighted by molar-refractivity contribution is 0.789. The Bertz CT molecular complexity index is 633. The molecule has 0 aliphatic rings. The number of thiazole rings is 1. The second-order valence-corrected chi connectivity index (χ2v) is 6.39. The van der Waals surface area contributed by atoms with Gasteiger partial charge in [-0.2, -0.15) is 0 Å². The predicted octanol–water partition coefficient (Wildman–Crippen LogP) is 3.31. The first-order chi connectivity index (χ1) is 11.2. The van der Waals surface area contributed by atoms with Gasteiger partial charge in [0.25, 0.3) is 0 Å². The van der Waals surface area contributed by atoms with E-state index in [0.29, 0.717) is 6.54 Å². The summed E-state index contributed by atoms with van der Waals surface area (Å²) in [6.45, 7) is 8.71. The summed E-state index contributed by atoms with van der Waals surface area (Å²) in [6, 6.07) is 8.47. The summed E-state index contributed by atoms with van der Waals surface area (Å²) in [5.74, 6) is 0.861. The molecule has 0 saturated carbocycles. The fourth-order valence-corrected chi connectivity index (χ4v) is 3.04. The Kier molecular flexibility index (Phi) is 7.07. The molecule has 0 aliphatic carbocycles. The lowest BCUT2D eigenvalue weighted by atomic mass is 10.1. The highest BCUT2D eigenvalue weighted by atomic mass is 32.1. The van der Waals surface area contributed by atoms with Crippen LogP contribution in [0.1, 0.15) is 35.7 Å². The lowest BCUT2D eigenvalue weighted by Gasteiger charge is -2.10. The van der Waals surface area contributed by atoms with Crippen molar-refractivity contribution < 1.29 is 0 Å². The van der Waals surface area contributed by atoms with Crippen molar-refractivity contribution in [3.05, 3.63) is 51.5 Å². The number of hydrogen-bond acceptors (Lipinski definition) is 3. The molecule has 0 radical (unpaired) electrons. The van der Waals surface area contributed by atoms with Gasteiger partial charge in [-0.3, -0.25) is 0 Å². The summed E-state index contributed by atoms with van der Waals surface area (Å²) < 4.78 is 0. The zero-order valence-corrected chi connectivity index (χ0v) is 15.0. The fourth-order valence-electron chi connectivity index (χ4n) is 2.26. The fraction of sp³-hybridized carbons (Fsp3) is 0.444. The van der Waals surface area contributed by atoms with E-state index in [1.54, 1.807) is 11.3 Å². The Morgan fingerprint density at radius 1 is 1.26 bits per heavy atom. The van der Waals surface area contributed by atoms with Crippen LogP contribution in [0.2, 0.25) is 0 Å². The monoisotopic (exact) mass is 330 g/mol. The average Bonchev–Trinajstić information content (AvgIpc) is 3.01. The van der Waals surface area contributed by atoms with E-state index in [1.165, 1.54) is 16.1 Å². The second-order valence-electron chi connectivity index (χ2n) is 5.45. The minimum Gasteiger partial charge on any atom is -0.357 e. The van der Waals surface area contributed by atoms with Crippen molar-refractivity contribution in [1.82, 2.24) is 15.6 Å². The Labute approximate surface area is 143 Å². The maximum Gasteiger partial charge on any atom is 0.191 e. The van der Waals surface area contributed by atoms with Crippen molar-refractivity contribution >= 4 is 17.3 Å². The van der Waals surface area contributed by atoms with E-state index < -0.39 is 0 Å². The summed E-state index contributed by atoms with van der Waals surface area (Å²) in [6.07, 6.45) is 1.93. The van der Waals surface area contributed by atoms with Crippen LogP contribution in [0.3, 0.4) is 0 Å². The maximum absolute atomic E-state index is 4.65. The minimum absolute atomic E-state index is 0.688. The van der Waals surface area contributed by atoms with Gasteiger partial charge in [0.05, 0.1) is 17.2 Å². The first kappa shape index (κ1) is 17.5. The first-order valence-electron chi connectivity index (χ1n) is 8.22. The number of aliphatic imine (C=N–C) groups is 1. The third kappa shape index (κ3) is 6.02. The number of nitrogens with one attached hydrogen (secondary N) is 2. The number of guanidine groups is 1. The summed E-state index contributed by atoms with van der Waals surface area (Å²) in [5.41, 5.74) is 3.66. The van der Waals surface area contributed by atoms with E-state index in [0.717, 1.165) is 37.6 Å². The second kappa shape index (κ2) is 9.30. The van der Waals surface area contributed by atoms with Crippen LogP contribution in [-0.2, 0) is 19.4 Å². The van der Waals surface area contributed by atoms with E-state index in [2.05, 4.69) is 71.0 Å². The van der Waals surface area contributed by atoms with Crippen LogP contribution in [0.15, 0.2) is 34.6 Å². The molecule has 0 fully saturated rings. The molecule has 1 aromatic heterocycles. The molecule has 0 spiro atoms. The smallest absolute Gasteiger partial charge is 0.191 e. The normalized spacial score (nSPS) is 11.5. The van der Waals surface area contributed by atoms with E-state index in [1.807, 2.05) is 0 Å². The van der Waals surface area contributed by atoms with E-state index in [4.69, 9.17) is 0 Å². The van der Waals surface area contributed by atoms with Gasteiger partial charge >= 0.3 is 0 Å². The van der Waals surface area contributed by atoms with Crippen molar-refractivity contribution in [1.29, 1.82) is 0 Å². The first-order valence-corrected chi connectivity index (χ1v) is 9.10. The molecule has 0 bridgehead atoms. The molecule has 1 aromatic carbocycles. The van der Waals surface area contributed by atoms with Crippen LogP contribution in [0, 0.1) is 6.92 Å². The van der Waals surface area contributed by atoms with Gasteiger partial charge in [0.15, 0.2) is 5.96 Å². The molecule has 0 saturated heterocycles. The summed E-state index contributed by atoms with van der Waals surface area (Å²) >= 11 is 1.74.